The van der Waals surface area contributed by atoms with Gasteiger partial charge in [-0.1, -0.05) is 32.8 Å². The lowest BCUT2D eigenvalue weighted by Gasteiger charge is -2.43. The van der Waals surface area contributed by atoms with E-state index in [9.17, 15) is 9.50 Å². The Bertz CT molecular complexity index is 427. The van der Waals surface area contributed by atoms with Crippen molar-refractivity contribution in [1.29, 1.82) is 0 Å². The Kier molecular flexibility index (Phi) is 3.76. The smallest absolute Gasteiger partial charge is 0.123 e. The van der Waals surface area contributed by atoms with Crippen LogP contribution in [0.25, 0.3) is 0 Å². The lowest BCUT2D eigenvalue weighted by Crippen LogP contribution is -2.41. The zero-order chi connectivity index (χ0) is 13.3. The predicted molar refractivity (Wildman–Crippen MR) is 71.8 cm³/mol. The molecule has 1 fully saturated rings. The second kappa shape index (κ2) is 5.00. The van der Waals surface area contributed by atoms with Gasteiger partial charge in [-0.25, -0.2) is 4.39 Å². The Balaban J connectivity index is 2.46. The monoisotopic (exact) mass is 250 g/mol. The van der Waals surface area contributed by atoms with Gasteiger partial charge in [-0.2, -0.15) is 0 Å². The molecule has 1 aliphatic rings. The van der Waals surface area contributed by atoms with Crippen LogP contribution in [-0.2, 0) is 5.60 Å². The maximum atomic E-state index is 13.5. The summed E-state index contributed by atoms with van der Waals surface area (Å²) in [5.41, 5.74) is 0.936. The second-order valence-corrected chi connectivity index (χ2v) is 5.98. The lowest BCUT2D eigenvalue weighted by molar-refractivity contribution is -0.0727. The average molecular weight is 250 g/mol. The van der Waals surface area contributed by atoms with Crippen molar-refractivity contribution in [3.05, 3.63) is 35.1 Å². The third-order valence-corrected chi connectivity index (χ3v) is 4.41. The molecule has 1 aromatic rings. The maximum absolute atomic E-state index is 13.5. The minimum absolute atomic E-state index is 0.228. The van der Waals surface area contributed by atoms with E-state index in [0.29, 0.717) is 5.92 Å². The van der Waals surface area contributed by atoms with Gasteiger partial charge in [0, 0.05) is 0 Å². The van der Waals surface area contributed by atoms with Gasteiger partial charge in [0.25, 0.3) is 0 Å². The molecule has 1 nitrogen and oxygen atoms in total. The van der Waals surface area contributed by atoms with Crippen LogP contribution < -0.4 is 0 Å². The molecule has 2 unspecified atom stereocenters. The largest absolute Gasteiger partial charge is 0.385 e. The van der Waals surface area contributed by atoms with E-state index in [4.69, 9.17) is 0 Å². The third-order valence-electron chi connectivity index (χ3n) is 4.41. The van der Waals surface area contributed by atoms with Crippen molar-refractivity contribution in [3.63, 3.8) is 0 Å². The Morgan fingerprint density at radius 2 is 2.06 bits per heavy atom. The van der Waals surface area contributed by atoms with Crippen LogP contribution >= 0.6 is 0 Å². The molecule has 18 heavy (non-hydrogen) atoms. The minimum atomic E-state index is -0.849. The molecule has 100 valence electrons. The van der Waals surface area contributed by atoms with Crippen LogP contribution in [0, 0.1) is 24.6 Å². The summed E-state index contributed by atoms with van der Waals surface area (Å²) in [4.78, 5) is 0. The van der Waals surface area contributed by atoms with Gasteiger partial charge in [-0.05, 0) is 54.9 Å². The van der Waals surface area contributed by atoms with E-state index in [1.54, 1.807) is 6.07 Å². The number of halogens is 1. The van der Waals surface area contributed by atoms with Gasteiger partial charge in [-0.3, -0.25) is 0 Å². The molecule has 1 aliphatic carbocycles. The highest BCUT2D eigenvalue weighted by Crippen LogP contribution is 2.46. The highest BCUT2D eigenvalue weighted by Gasteiger charge is 2.42. The zero-order valence-corrected chi connectivity index (χ0v) is 11.5. The van der Waals surface area contributed by atoms with Crippen LogP contribution in [0.4, 0.5) is 4.39 Å². The van der Waals surface area contributed by atoms with E-state index in [1.165, 1.54) is 18.6 Å². The molecule has 0 heterocycles. The first-order valence-corrected chi connectivity index (χ1v) is 6.94. The van der Waals surface area contributed by atoms with Crippen LogP contribution in [-0.4, -0.2) is 5.11 Å². The molecule has 1 N–H and O–H groups in total. The van der Waals surface area contributed by atoms with Crippen LogP contribution in [0.3, 0.4) is 0 Å². The quantitative estimate of drug-likeness (QED) is 0.835. The fourth-order valence-corrected chi connectivity index (χ4v) is 3.46. The number of aliphatic hydroxyl groups is 1. The van der Waals surface area contributed by atoms with Gasteiger partial charge in [0.2, 0.25) is 0 Å². The van der Waals surface area contributed by atoms with Gasteiger partial charge in [0.05, 0.1) is 5.60 Å². The molecule has 0 spiro atoms. The number of hydrogen-bond acceptors (Lipinski definition) is 1. The molecule has 2 atom stereocenters. The first kappa shape index (κ1) is 13.5. The lowest BCUT2D eigenvalue weighted by atomic mass is 9.66. The van der Waals surface area contributed by atoms with E-state index in [1.807, 2.05) is 6.92 Å². The van der Waals surface area contributed by atoms with E-state index < -0.39 is 5.60 Å². The topological polar surface area (TPSA) is 20.2 Å². The van der Waals surface area contributed by atoms with E-state index >= 15 is 0 Å². The van der Waals surface area contributed by atoms with Gasteiger partial charge in [0.15, 0.2) is 0 Å². The van der Waals surface area contributed by atoms with Crippen molar-refractivity contribution in [2.24, 2.45) is 11.8 Å². The number of benzene rings is 1. The normalized spacial score (nSPS) is 28.7. The molecule has 2 heteroatoms. The fraction of sp³-hybridized carbons (Fsp3) is 0.625. The summed E-state index contributed by atoms with van der Waals surface area (Å²) in [7, 11) is 0. The van der Waals surface area contributed by atoms with Gasteiger partial charge in [-0.15, -0.1) is 0 Å². The molecule has 0 aromatic heterocycles. The third kappa shape index (κ3) is 2.31. The summed E-state index contributed by atoms with van der Waals surface area (Å²) in [5.74, 6) is 0.391. The number of hydrogen-bond donors (Lipinski definition) is 1. The highest BCUT2D eigenvalue weighted by atomic mass is 19.1. The molecule has 0 aliphatic heterocycles. The van der Waals surface area contributed by atoms with Crippen molar-refractivity contribution < 1.29 is 9.50 Å². The van der Waals surface area contributed by atoms with Crippen molar-refractivity contribution in [2.75, 3.05) is 0 Å². The summed E-state index contributed by atoms with van der Waals surface area (Å²) in [6, 6.07) is 4.76. The summed E-state index contributed by atoms with van der Waals surface area (Å²) >= 11 is 0. The van der Waals surface area contributed by atoms with Crippen molar-refractivity contribution in [3.8, 4) is 0 Å². The molecule has 0 bridgehead atoms. The number of aryl methyl sites for hydroxylation is 1. The Morgan fingerprint density at radius 1 is 1.33 bits per heavy atom. The maximum Gasteiger partial charge on any atom is 0.123 e. The Hall–Kier alpha value is -0.890. The van der Waals surface area contributed by atoms with E-state index in [-0.39, 0.29) is 11.7 Å². The Labute approximate surface area is 109 Å². The van der Waals surface area contributed by atoms with Gasteiger partial charge in [0.1, 0.15) is 5.82 Å². The summed E-state index contributed by atoms with van der Waals surface area (Å²) in [6.07, 6.45) is 3.97. The van der Waals surface area contributed by atoms with E-state index in [0.717, 1.165) is 30.4 Å². The zero-order valence-electron chi connectivity index (χ0n) is 11.5. The molecule has 0 amide bonds. The van der Waals surface area contributed by atoms with Crippen LogP contribution in [0.2, 0.25) is 0 Å². The second-order valence-electron chi connectivity index (χ2n) is 5.98. The van der Waals surface area contributed by atoms with Crippen molar-refractivity contribution in [2.45, 2.75) is 52.1 Å². The molecule has 1 aromatic carbocycles. The first-order valence-electron chi connectivity index (χ1n) is 6.94. The minimum Gasteiger partial charge on any atom is -0.385 e. The standard InChI is InChI=1S/C16H23FO/c1-11(2)14-6-4-5-9-16(14,18)15-10-13(17)8-7-12(15)3/h7-8,10-11,14,18H,4-6,9H2,1-3H3. The van der Waals surface area contributed by atoms with Crippen LogP contribution in [0.5, 0.6) is 0 Å². The van der Waals surface area contributed by atoms with Crippen molar-refractivity contribution in [1.82, 2.24) is 0 Å². The van der Waals surface area contributed by atoms with Gasteiger partial charge < -0.3 is 5.11 Å². The number of rotatable bonds is 2. The highest BCUT2D eigenvalue weighted by molar-refractivity contribution is 5.33. The van der Waals surface area contributed by atoms with Crippen LogP contribution in [0.1, 0.15) is 50.7 Å². The van der Waals surface area contributed by atoms with Gasteiger partial charge >= 0.3 is 0 Å². The van der Waals surface area contributed by atoms with Crippen LogP contribution in [0.15, 0.2) is 18.2 Å². The summed E-state index contributed by atoms with van der Waals surface area (Å²) in [6.45, 7) is 6.25. The molecule has 1 saturated carbocycles. The molecule has 0 radical (unpaired) electrons. The summed E-state index contributed by atoms with van der Waals surface area (Å²) < 4.78 is 13.5. The van der Waals surface area contributed by atoms with Crippen molar-refractivity contribution >= 4 is 0 Å². The predicted octanol–water partition coefficient (Wildman–Crippen LogP) is 4.17. The molecule has 0 saturated heterocycles. The Morgan fingerprint density at radius 3 is 2.72 bits per heavy atom. The fourth-order valence-electron chi connectivity index (χ4n) is 3.46. The molecule has 2 rings (SSSR count). The average Bonchev–Trinajstić information content (AvgIpc) is 2.32. The van der Waals surface area contributed by atoms with E-state index in [2.05, 4.69) is 13.8 Å². The molecular weight excluding hydrogens is 227 g/mol. The first-order chi connectivity index (χ1) is 8.45. The summed E-state index contributed by atoms with van der Waals surface area (Å²) in [5, 5.41) is 11.1. The molecular formula is C16H23FO. The SMILES string of the molecule is Cc1ccc(F)cc1C1(O)CCCCC1C(C)C.